The largest absolute Gasteiger partial charge is 0.434 e. The summed E-state index contributed by atoms with van der Waals surface area (Å²) in [6.07, 6.45) is -4.13. The van der Waals surface area contributed by atoms with Gasteiger partial charge < -0.3 is 5.32 Å². The molecule has 0 spiro atoms. The van der Waals surface area contributed by atoms with Crippen LogP contribution in [0.3, 0.4) is 0 Å². The molecule has 0 amide bonds. The number of alkyl halides is 3. The van der Waals surface area contributed by atoms with E-state index in [1.165, 1.54) is 0 Å². The zero-order valence-electron chi connectivity index (χ0n) is 11.3. The van der Waals surface area contributed by atoms with E-state index >= 15 is 0 Å². The summed E-state index contributed by atoms with van der Waals surface area (Å²) >= 11 is 7.11. The quantitative estimate of drug-likeness (QED) is 0.869. The molecule has 0 radical (unpaired) electrons. The predicted molar refractivity (Wildman–Crippen MR) is 78.8 cm³/mol. The highest BCUT2D eigenvalue weighted by Crippen LogP contribution is 2.35. The number of nitrogens with zero attached hydrogens (tertiary/aromatic N) is 1. The van der Waals surface area contributed by atoms with Gasteiger partial charge in [-0.15, -0.1) is 11.3 Å². The van der Waals surface area contributed by atoms with Gasteiger partial charge in [0.2, 0.25) is 0 Å². The van der Waals surface area contributed by atoms with Crippen molar-refractivity contribution in [2.24, 2.45) is 0 Å². The Labute approximate surface area is 130 Å². The van der Waals surface area contributed by atoms with E-state index in [9.17, 15) is 13.2 Å². The van der Waals surface area contributed by atoms with Crippen LogP contribution < -0.4 is 5.32 Å². The van der Waals surface area contributed by atoms with Crippen LogP contribution in [0.5, 0.6) is 0 Å². The molecular weight excluding hydrogens is 321 g/mol. The highest BCUT2D eigenvalue weighted by Gasteiger charge is 2.37. The number of nitrogens with one attached hydrogen (secondary N) is 1. The summed E-state index contributed by atoms with van der Waals surface area (Å²) in [6.45, 7) is 2.62. The fourth-order valence-electron chi connectivity index (χ4n) is 1.86. The van der Waals surface area contributed by atoms with Crippen LogP contribution in [-0.2, 0) is 19.1 Å². The first-order valence-electron chi connectivity index (χ1n) is 6.41. The van der Waals surface area contributed by atoms with Crippen LogP contribution in [0.25, 0.3) is 0 Å². The van der Waals surface area contributed by atoms with Gasteiger partial charge in [0, 0.05) is 18.0 Å². The number of rotatable bonds is 5. The van der Waals surface area contributed by atoms with E-state index in [1.54, 1.807) is 24.3 Å². The lowest BCUT2D eigenvalue weighted by molar-refractivity contribution is -0.141. The molecule has 7 heteroatoms. The van der Waals surface area contributed by atoms with Gasteiger partial charge in [-0.25, -0.2) is 4.98 Å². The third-order valence-electron chi connectivity index (χ3n) is 2.85. The van der Waals surface area contributed by atoms with Crippen molar-refractivity contribution in [2.45, 2.75) is 26.1 Å². The molecule has 0 saturated heterocycles. The Balaban J connectivity index is 2.29. The van der Waals surface area contributed by atoms with Crippen LogP contribution in [-0.4, -0.2) is 11.5 Å². The molecule has 2 nitrogen and oxygen atoms in total. The minimum Gasteiger partial charge on any atom is -0.312 e. The Bertz CT molecular complexity index is 611. The Morgan fingerprint density at radius 2 is 2.00 bits per heavy atom. The van der Waals surface area contributed by atoms with E-state index < -0.39 is 11.9 Å². The number of hydrogen-bond donors (Lipinski definition) is 1. The maximum absolute atomic E-state index is 13.0. The molecule has 1 aromatic heterocycles. The van der Waals surface area contributed by atoms with Gasteiger partial charge in [-0.3, -0.25) is 0 Å². The van der Waals surface area contributed by atoms with Gasteiger partial charge in [-0.05, 0) is 18.2 Å². The van der Waals surface area contributed by atoms with Gasteiger partial charge >= 0.3 is 6.18 Å². The highest BCUT2D eigenvalue weighted by molar-refractivity contribution is 7.11. The van der Waals surface area contributed by atoms with E-state index in [4.69, 9.17) is 11.6 Å². The van der Waals surface area contributed by atoms with Crippen molar-refractivity contribution in [3.63, 3.8) is 0 Å². The van der Waals surface area contributed by atoms with Crippen molar-refractivity contribution in [3.05, 3.63) is 50.4 Å². The van der Waals surface area contributed by atoms with Gasteiger partial charge in [0.25, 0.3) is 0 Å². The van der Waals surface area contributed by atoms with Crippen molar-refractivity contribution in [2.75, 3.05) is 6.54 Å². The Kier molecular flexibility index (Phi) is 5.24. The van der Waals surface area contributed by atoms with Crippen molar-refractivity contribution >= 4 is 22.9 Å². The Hall–Kier alpha value is -1.11. The van der Waals surface area contributed by atoms with Crippen molar-refractivity contribution < 1.29 is 13.2 Å². The van der Waals surface area contributed by atoms with Gasteiger partial charge in [0.05, 0.1) is 9.88 Å². The van der Waals surface area contributed by atoms with Crippen molar-refractivity contribution in [3.8, 4) is 0 Å². The zero-order chi connectivity index (χ0) is 15.5. The predicted octanol–water partition coefficient (Wildman–Crippen LogP) is 4.52. The van der Waals surface area contributed by atoms with Crippen LogP contribution in [0.15, 0.2) is 24.3 Å². The minimum atomic E-state index is -4.43. The first kappa shape index (κ1) is 16.3. The molecule has 0 aliphatic carbocycles. The fourth-order valence-corrected chi connectivity index (χ4v) is 3.14. The van der Waals surface area contributed by atoms with E-state index in [0.717, 1.165) is 16.9 Å². The lowest BCUT2D eigenvalue weighted by Crippen LogP contribution is -2.15. The first-order valence-corrected chi connectivity index (χ1v) is 7.61. The van der Waals surface area contributed by atoms with E-state index in [1.807, 2.05) is 6.92 Å². The first-order chi connectivity index (χ1) is 9.91. The topological polar surface area (TPSA) is 24.9 Å². The maximum atomic E-state index is 13.0. The molecule has 0 aliphatic heterocycles. The molecule has 0 fully saturated rings. The average Bonchev–Trinajstić information content (AvgIpc) is 2.82. The molecule has 2 rings (SSSR count). The van der Waals surface area contributed by atoms with Crippen LogP contribution in [0.1, 0.15) is 28.1 Å². The molecule has 0 atom stereocenters. The Morgan fingerprint density at radius 3 is 2.62 bits per heavy atom. The zero-order valence-corrected chi connectivity index (χ0v) is 12.9. The van der Waals surface area contributed by atoms with Crippen LogP contribution in [0.4, 0.5) is 13.2 Å². The average molecular weight is 335 g/mol. The molecule has 0 bridgehead atoms. The number of aromatic nitrogens is 1. The standard InChI is InChI=1S/C14H14ClF3N2S/c1-2-19-8-11-13(14(16,17)18)20-12(21-11)7-9-5-3-4-6-10(9)15/h3-6,19H,2,7-8H2,1H3. The van der Waals surface area contributed by atoms with Gasteiger partial charge in [0.1, 0.15) is 0 Å². The molecule has 2 aromatic rings. The third kappa shape index (κ3) is 4.18. The molecule has 1 aromatic carbocycles. The fraction of sp³-hybridized carbons (Fsp3) is 0.357. The van der Waals surface area contributed by atoms with E-state index in [0.29, 0.717) is 23.0 Å². The third-order valence-corrected chi connectivity index (χ3v) is 4.27. The van der Waals surface area contributed by atoms with E-state index in [2.05, 4.69) is 10.3 Å². The summed E-state index contributed by atoms with van der Waals surface area (Å²) in [7, 11) is 0. The summed E-state index contributed by atoms with van der Waals surface area (Å²) in [6, 6.07) is 7.10. The molecular formula is C14H14ClF3N2S. The molecule has 0 aliphatic rings. The number of halogens is 4. The second-order valence-corrected chi connectivity index (χ2v) is 6.00. The molecule has 114 valence electrons. The van der Waals surface area contributed by atoms with Crippen molar-refractivity contribution in [1.29, 1.82) is 0 Å². The number of hydrogen-bond acceptors (Lipinski definition) is 3. The Morgan fingerprint density at radius 1 is 1.29 bits per heavy atom. The SMILES string of the molecule is CCNCc1sc(Cc2ccccc2Cl)nc1C(F)(F)F. The monoisotopic (exact) mass is 334 g/mol. The molecule has 21 heavy (non-hydrogen) atoms. The summed E-state index contributed by atoms with van der Waals surface area (Å²) in [4.78, 5) is 3.98. The van der Waals surface area contributed by atoms with E-state index in [-0.39, 0.29) is 11.4 Å². The van der Waals surface area contributed by atoms with Crippen LogP contribution in [0.2, 0.25) is 5.02 Å². The van der Waals surface area contributed by atoms with Crippen molar-refractivity contribution in [1.82, 2.24) is 10.3 Å². The van der Waals surface area contributed by atoms with Crippen LogP contribution >= 0.6 is 22.9 Å². The summed E-state index contributed by atoms with van der Waals surface area (Å²) in [5.41, 5.74) is -0.0212. The van der Waals surface area contributed by atoms with Gasteiger partial charge in [-0.2, -0.15) is 13.2 Å². The summed E-state index contributed by atoms with van der Waals surface area (Å²) in [5, 5.41) is 3.87. The maximum Gasteiger partial charge on any atom is 0.434 e. The summed E-state index contributed by atoms with van der Waals surface area (Å²) in [5.74, 6) is 0. The van der Waals surface area contributed by atoms with Crippen LogP contribution in [0, 0.1) is 0 Å². The molecule has 1 N–H and O–H groups in total. The molecule has 0 unspecified atom stereocenters. The van der Waals surface area contributed by atoms with Gasteiger partial charge in [-0.1, -0.05) is 36.7 Å². The number of benzene rings is 1. The summed E-state index contributed by atoms with van der Waals surface area (Å²) < 4.78 is 39.0. The lowest BCUT2D eigenvalue weighted by atomic mass is 10.1. The molecule has 0 saturated carbocycles. The normalized spacial score (nSPS) is 11.9. The smallest absolute Gasteiger partial charge is 0.312 e. The second kappa shape index (κ2) is 6.77. The highest BCUT2D eigenvalue weighted by atomic mass is 35.5. The number of thiazole rings is 1. The minimum absolute atomic E-state index is 0.172. The second-order valence-electron chi connectivity index (χ2n) is 4.43. The lowest BCUT2D eigenvalue weighted by Gasteiger charge is -2.05. The molecule has 1 heterocycles. The van der Waals surface area contributed by atoms with Gasteiger partial charge in [0.15, 0.2) is 5.69 Å².